The van der Waals surface area contributed by atoms with Gasteiger partial charge in [0.2, 0.25) is 0 Å². The third-order valence-corrected chi connectivity index (χ3v) is 2.53. The first-order valence-corrected chi connectivity index (χ1v) is 5.15. The molecule has 0 aliphatic heterocycles. The summed E-state index contributed by atoms with van der Waals surface area (Å²) in [5, 5.41) is 1.02. The van der Waals surface area contributed by atoms with Crippen LogP contribution in [0.4, 0.5) is 5.69 Å². The Bertz CT molecular complexity index is 238. The highest BCUT2D eigenvalue weighted by molar-refractivity contribution is 7.99. The Hall–Kier alpha value is -0.740. The van der Waals surface area contributed by atoms with Gasteiger partial charge in [-0.3, -0.25) is 0 Å². The predicted molar refractivity (Wildman–Crippen MR) is 55.9 cm³/mol. The van der Waals surface area contributed by atoms with Crippen LogP contribution in [0.25, 0.3) is 0 Å². The molecule has 4 heteroatoms. The van der Waals surface area contributed by atoms with Crippen molar-refractivity contribution < 1.29 is 4.74 Å². The number of nitrogens with two attached hydrogens (primary N) is 1. The number of rotatable bonds is 5. The molecule has 2 N–H and O–H groups in total. The largest absolute Gasteiger partial charge is 0.397 e. The monoisotopic (exact) mass is 198 g/mol. The first kappa shape index (κ1) is 10.3. The molecule has 72 valence electrons. The van der Waals surface area contributed by atoms with Crippen LogP contribution in [0.5, 0.6) is 0 Å². The summed E-state index contributed by atoms with van der Waals surface area (Å²) < 4.78 is 4.95. The lowest BCUT2D eigenvalue weighted by molar-refractivity contribution is 0.200. The number of ether oxygens (including phenoxy) is 1. The molecule has 0 spiro atoms. The number of thioether (sulfide) groups is 1. The van der Waals surface area contributed by atoms with Crippen molar-refractivity contribution in [1.29, 1.82) is 0 Å². The van der Waals surface area contributed by atoms with Crippen molar-refractivity contribution in [3.63, 3.8) is 0 Å². The number of nitrogen functional groups attached to an aromatic ring is 1. The molecule has 0 aromatic carbocycles. The first-order valence-electron chi connectivity index (χ1n) is 4.16. The molecule has 0 unspecified atom stereocenters. The quantitative estimate of drug-likeness (QED) is 0.579. The zero-order valence-electron chi connectivity index (χ0n) is 7.69. The molecule has 0 bridgehead atoms. The van der Waals surface area contributed by atoms with Crippen LogP contribution in [-0.4, -0.2) is 24.5 Å². The van der Waals surface area contributed by atoms with E-state index in [1.807, 2.05) is 12.1 Å². The van der Waals surface area contributed by atoms with E-state index in [9.17, 15) is 0 Å². The summed E-state index contributed by atoms with van der Waals surface area (Å²) >= 11 is 1.72. The molecule has 1 aromatic heterocycles. The van der Waals surface area contributed by atoms with Crippen LogP contribution >= 0.6 is 11.8 Å². The fourth-order valence-corrected chi connectivity index (χ4v) is 1.62. The van der Waals surface area contributed by atoms with Gasteiger partial charge < -0.3 is 10.5 Å². The highest BCUT2D eigenvalue weighted by Crippen LogP contribution is 2.16. The van der Waals surface area contributed by atoms with Crippen LogP contribution in [0.15, 0.2) is 23.4 Å². The van der Waals surface area contributed by atoms with Gasteiger partial charge in [-0.2, -0.15) is 0 Å². The fourth-order valence-electron chi connectivity index (χ4n) is 0.857. The van der Waals surface area contributed by atoms with Crippen LogP contribution in [0.1, 0.15) is 6.42 Å². The summed E-state index contributed by atoms with van der Waals surface area (Å²) in [6.07, 6.45) is 2.73. The standard InChI is InChI=1S/C9H14N2OS/c1-12-5-2-6-13-9-4-3-8(10)7-11-9/h3-4,7H,2,5-6,10H2,1H3. The Kier molecular flexibility index (Phi) is 4.64. The minimum absolute atomic E-state index is 0.709. The highest BCUT2D eigenvalue weighted by atomic mass is 32.2. The number of hydrogen-bond donors (Lipinski definition) is 1. The molecule has 0 saturated heterocycles. The molecular weight excluding hydrogens is 184 g/mol. The Morgan fingerprint density at radius 1 is 1.54 bits per heavy atom. The molecule has 1 rings (SSSR count). The minimum atomic E-state index is 0.709. The molecule has 0 aliphatic carbocycles. The Balaban J connectivity index is 2.25. The van der Waals surface area contributed by atoms with Crippen molar-refractivity contribution in [1.82, 2.24) is 4.98 Å². The molecule has 13 heavy (non-hydrogen) atoms. The molecule has 0 radical (unpaired) electrons. The maximum atomic E-state index is 5.51. The van der Waals surface area contributed by atoms with Crippen LogP contribution in [0, 0.1) is 0 Å². The van der Waals surface area contributed by atoms with E-state index in [2.05, 4.69) is 4.98 Å². The number of hydrogen-bond acceptors (Lipinski definition) is 4. The van der Waals surface area contributed by atoms with E-state index in [1.54, 1.807) is 25.1 Å². The van der Waals surface area contributed by atoms with Crippen LogP contribution in [0.3, 0.4) is 0 Å². The third-order valence-electron chi connectivity index (χ3n) is 1.50. The van der Waals surface area contributed by atoms with Gasteiger partial charge in [-0.15, -0.1) is 11.8 Å². The van der Waals surface area contributed by atoms with Crippen molar-refractivity contribution in [2.24, 2.45) is 0 Å². The van der Waals surface area contributed by atoms with Crippen LogP contribution < -0.4 is 5.73 Å². The van der Waals surface area contributed by atoms with E-state index in [1.165, 1.54) is 0 Å². The van der Waals surface area contributed by atoms with Gasteiger partial charge in [-0.05, 0) is 18.6 Å². The lowest BCUT2D eigenvalue weighted by atomic mass is 10.4. The van der Waals surface area contributed by atoms with Crippen molar-refractivity contribution in [2.75, 3.05) is 25.2 Å². The molecule has 0 atom stereocenters. The lowest BCUT2D eigenvalue weighted by Crippen LogP contribution is -1.91. The fraction of sp³-hybridized carbons (Fsp3) is 0.444. The van der Waals surface area contributed by atoms with Crippen molar-refractivity contribution in [3.05, 3.63) is 18.3 Å². The van der Waals surface area contributed by atoms with Gasteiger partial charge in [-0.25, -0.2) is 4.98 Å². The minimum Gasteiger partial charge on any atom is -0.397 e. The van der Waals surface area contributed by atoms with Crippen molar-refractivity contribution in [2.45, 2.75) is 11.4 Å². The molecule has 3 nitrogen and oxygen atoms in total. The molecule has 0 fully saturated rings. The summed E-state index contributed by atoms with van der Waals surface area (Å²) in [5.41, 5.74) is 6.22. The number of pyridine rings is 1. The summed E-state index contributed by atoms with van der Waals surface area (Å²) in [6, 6.07) is 3.80. The Morgan fingerprint density at radius 2 is 2.38 bits per heavy atom. The topological polar surface area (TPSA) is 48.1 Å². The van der Waals surface area contributed by atoms with Crippen LogP contribution in [0.2, 0.25) is 0 Å². The van der Waals surface area contributed by atoms with E-state index >= 15 is 0 Å². The summed E-state index contributed by atoms with van der Waals surface area (Å²) in [4.78, 5) is 4.17. The maximum absolute atomic E-state index is 5.51. The van der Waals surface area contributed by atoms with E-state index in [-0.39, 0.29) is 0 Å². The summed E-state index contributed by atoms with van der Waals surface area (Å²) in [6.45, 7) is 0.808. The SMILES string of the molecule is COCCCSc1ccc(N)cn1. The number of methoxy groups -OCH3 is 1. The Labute approximate surface area is 82.7 Å². The second kappa shape index (κ2) is 5.83. The van der Waals surface area contributed by atoms with Crippen LogP contribution in [-0.2, 0) is 4.74 Å². The van der Waals surface area contributed by atoms with Crippen molar-refractivity contribution in [3.8, 4) is 0 Å². The van der Waals surface area contributed by atoms with Gasteiger partial charge in [0.25, 0.3) is 0 Å². The third kappa shape index (κ3) is 4.15. The summed E-state index contributed by atoms with van der Waals surface area (Å²) in [7, 11) is 1.71. The lowest BCUT2D eigenvalue weighted by Gasteiger charge is -2.00. The zero-order chi connectivity index (χ0) is 9.52. The van der Waals surface area contributed by atoms with E-state index in [0.29, 0.717) is 5.69 Å². The molecule has 1 aromatic rings. The van der Waals surface area contributed by atoms with Gasteiger partial charge >= 0.3 is 0 Å². The average molecular weight is 198 g/mol. The maximum Gasteiger partial charge on any atom is 0.0961 e. The van der Waals surface area contributed by atoms with Gasteiger partial charge in [0.1, 0.15) is 0 Å². The number of nitrogens with zero attached hydrogens (tertiary/aromatic N) is 1. The van der Waals surface area contributed by atoms with Gasteiger partial charge in [-0.1, -0.05) is 0 Å². The Morgan fingerprint density at radius 3 is 3.00 bits per heavy atom. The van der Waals surface area contributed by atoms with Gasteiger partial charge in [0.05, 0.1) is 16.9 Å². The zero-order valence-corrected chi connectivity index (χ0v) is 8.51. The predicted octanol–water partition coefficient (Wildman–Crippen LogP) is 1.79. The van der Waals surface area contributed by atoms with E-state index in [4.69, 9.17) is 10.5 Å². The first-order chi connectivity index (χ1) is 6.33. The van der Waals surface area contributed by atoms with Crippen molar-refractivity contribution >= 4 is 17.4 Å². The number of aromatic nitrogens is 1. The molecule has 0 aliphatic rings. The second-order valence-corrected chi connectivity index (χ2v) is 3.74. The molecular formula is C9H14N2OS. The van der Waals surface area contributed by atoms with E-state index in [0.717, 1.165) is 23.8 Å². The number of anilines is 1. The van der Waals surface area contributed by atoms with Gasteiger partial charge in [0.15, 0.2) is 0 Å². The highest BCUT2D eigenvalue weighted by Gasteiger charge is 1.94. The van der Waals surface area contributed by atoms with E-state index < -0.39 is 0 Å². The average Bonchev–Trinajstić information content (AvgIpc) is 2.15. The summed E-state index contributed by atoms with van der Waals surface area (Å²) in [5.74, 6) is 1.03. The second-order valence-electron chi connectivity index (χ2n) is 2.62. The normalized spacial score (nSPS) is 10.2. The smallest absolute Gasteiger partial charge is 0.0961 e. The molecule has 0 saturated carbocycles. The molecule has 0 amide bonds. The molecule has 1 heterocycles. The van der Waals surface area contributed by atoms with Gasteiger partial charge in [0, 0.05) is 19.5 Å².